The van der Waals surface area contributed by atoms with Crippen LogP contribution in [0.3, 0.4) is 0 Å². The summed E-state index contributed by atoms with van der Waals surface area (Å²) in [5, 5.41) is 0.479. The van der Waals surface area contributed by atoms with Gasteiger partial charge in [-0.15, -0.1) is 0 Å². The van der Waals surface area contributed by atoms with Crippen molar-refractivity contribution < 1.29 is 17.5 Å². The molecule has 2 aromatic rings. The molecule has 7 heteroatoms. The molecule has 4 nitrogen and oxygen atoms in total. The highest BCUT2D eigenvalue weighted by atomic mass is 35.5. The quantitative estimate of drug-likeness (QED) is 0.836. The Morgan fingerprint density at radius 3 is 2.59 bits per heavy atom. The summed E-state index contributed by atoms with van der Waals surface area (Å²) in [5.74, 6) is -0.0690. The molecule has 0 fully saturated rings. The second-order valence-corrected chi connectivity index (χ2v) is 7.16. The minimum absolute atomic E-state index is 0.0581. The van der Waals surface area contributed by atoms with Crippen LogP contribution in [-0.4, -0.2) is 26.9 Å². The summed E-state index contributed by atoms with van der Waals surface area (Å²) in [6.45, 7) is 0.0581. The van der Waals surface area contributed by atoms with Crippen molar-refractivity contribution in [1.82, 2.24) is 4.31 Å². The van der Waals surface area contributed by atoms with Crippen LogP contribution < -0.4 is 4.74 Å². The molecule has 0 bridgehead atoms. The Hall–Kier alpha value is -1.63. The van der Waals surface area contributed by atoms with Gasteiger partial charge in [0.25, 0.3) is 0 Å². The van der Waals surface area contributed by atoms with Crippen LogP contribution in [0, 0.1) is 5.82 Å². The molecule has 0 amide bonds. The van der Waals surface area contributed by atoms with Gasteiger partial charge in [-0.1, -0.05) is 17.7 Å². The average molecular weight is 344 g/mol. The third-order valence-electron chi connectivity index (χ3n) is 3.14. The molecule has 2 rings (SSSR count). The highest BCUT2D eigenvalue weighted by Gasteiger charge is 2.22. The van der Waals surface area contributed by atoms with Gasteiger partial charge in [0.2, 0.25) is 10.0 Å². The van der Waals surface area contributed by atoms with Crippen molar-refractivity contribution in [3.8, 4) is 5.75 Å². The van der Waals surface area contributed by atoms with E-state index in [1.54, 1.807) is 18.2 Å². The normalized spacial score (nSPS) is 11.7. The summed E-state index contributed by atoms with van der Waals surface area (Å²) < 4.78 is 44.5. The average Bonchev–Trinajstić information content (AvgIpc) is 2.47. The number of rotatable bonds is 5. The zero-order chi connectivity index (χ0) is 16.3. The molecule has 0 aromatic heterocycles. The van der Waals surface area contributed by atoms with Crippen molar-refractivity contribution in [2.75, 3.05) is 14.2 Å². The van der Waals surface area contributed by atoms with Crippen molar-refractivity contribution in [3.63, 3.8) is 0 Å². The first-order valence-corrected chi connectivity index (χ1v) is 8.20. The van der Waals surface area contributed by atoms with Crippen molar-refractivity contribution in [2.45, 2.75) is 11.4 Å². The molecule has 0 atom stereocenters. The van der Waals surface area contributed by atoms with Crippen LogP contribution in [0.5, 0.6) is 5.75 Å². The Labute approximate surface area is 134 Å². The van der Waals surface area contributed by atoms with Crippen LogP contribution in [0.1, 0.15) is 5.56 Å². The SMILES string of the molecule is COc1ccc(Cl)cc1CN(C)S(=O)(=O)c1cccc(F)c1. The van der Waals surface area contributed by atoms with Gasteiger partial charge in [0.05, 0.1) is 12.0 Å². The first-order valence-electron chi connectivity index (χ1n) is 6.39. The molecule has 0 spiro atoms. The minimum atomic E-state index is -3.80. The monoisotopic (exact) mass is 343 g/mol. The smallest absolute Gasteiger partial charge is 0.243 e. The number of hydrogen-bond donors (Lipinski definition) is 0. The zero-order valence-corrected chi connectivity index (χ0v) is 13.7. The highest BCUT2D eigenvalue weighted by Crippen LogP contribution is 2.26. The molecule has 2 aromatic carbocycles. The van der Waals surface area contributed by atoms with E-state index in [2.05, 4.69) is 0 Å². The predicted octanol–water partition coefficient (Wildman–Crippen LogP) is 3.31. The molecule has 0 unspecified atom stereocenters. The maximum Gasteiger partial charge on any atom is 0.243 e. The second-order valence-electron chi connectivity index (χ2n) is 4.67. The topological polar surface area (TPSA) is 46.6 Å². The number of nitrogens with zero attached hydrogens (tertiary/aromatic N) is 1. The van der Waals surface area contributed by atoms with Gasteiger partial charge in [-0.3, -0.25) is 0 Å². The standard InChI is InChI=1S/C15H15ClFNO3S/c1-18(10-11-8-12(16)6-7-15(11)21-2)22(19,20)14-5-3-4-13(17)9-14/h3-9H,10H2,1-2H3. The van der Waals surface area contributed by atoms with E-state index in [1.807, 2.05) is 0 Å². The molecule has 22 heavy (non-hydrogen) atoms. The lowest BCUT2D eigenvalue weighted by Gasteiger charge is -2.19. The molecular weight excluding hydrogens is 329 g/mol. The van der Waals surface area contributed by atoms with Gasteiger partial charge in [0.15, 0.2) is 0 Å². The number of methoxy groups -OCH3 is 1. The fourth-order valence-electron chi connectivity index (χ4n) is 2.00. The summed E-state index contributed by atoms with van der Waals surface area (Å²) in [6.07, 6.45) is 0. The van der Waals surface area contributed by atoms with E-state index in [1.165, 1.54) is 32.4 Å². The van der Waals surface area contributed by atoms with Crippen molar-refractivity contribution >= 4 is 21.6 Å². The first-order chi connectivity index (χ1) is 10.3. The maximum atomic E-state index is 13.2. The van der Waals surface area contributed by atoms with E-state index in [0.717, 1.165) is 10.4 Å². The first kappa shape index (κ1) is 16.7. The lowest BCUT2D eigenvalue weighted by molar-refractivity contribution is 0.398. The number of sulfonamides is 1. The zero-order valence-electron chi connectivity index (χ0n) is 12.1. The second kappa shape index (κ2) is 6.64. The molecule has 0 aliphatic rings. The van der Waals surface area contributed by atoms with E-state index in [9.17, 15) is 12.8 Å². The number of hydrogen-bond acceptors (Lipinski definition) is 3. The predicted molar refractivity (Wildman–Crippen MR) is 83.1 cm³/mol. The Bertz CT molecular complexity index is 780. The Balaban J connectivity index is 2.32. The number of halogens is 2. The van der Waals surface area contributed by atoms with Gasteiger partial charge in [-0.2, -0.15) is 4.31 Å². The molecule has 0 radical (unpaired) electrons. The van der Waals surface area contributed by atoms with Crippen LogP contribution in [0.4, 0.5) is 4.39 Å². The molecule has 0 N–H and O–H groups in total. The van der Waals surface area contributed by atoms with Gasteiger partial charge >= 0.3 is 0 Å². The highest BCUT2D eigenvalue weighted by molar-refractivity contribution is 7.89. The molecular formula is C15H15ClFNO3S. The fourth-order valence-corrected chi connectivity index (χ4v) is 3.38. The molecule has 0 aliphatic carbocycles. The van der Waals surface area contributed by atoms with Gasteiger partial charge in [0, 0.05) is 24.2 Å². The molecule has 0 saturated carbocycles. The fraction of sp³-hybridized carbons (Fsp3) is 0.200. The summed E-state index contributed by atoms with van der Waals surface area (Å²) in [5.41, 5.74) is 0.623. The molecule has 0 aliphatic heterocycles. The number of benzene rings is 2. The minimum Gasteiger partial charge on any atom is -0.496 e. The molecule has 118 valence electrons. The lowest BCUT2D eigenvalue weighted by Crippen LogP contribution is -2.26. The van der Waals surface area contributed by atoms with E-state index < -0.39 is 15.8 Å². The Morgan fingerprint density at radius 1 is 1.23 bits per heavy atom. The van der Waals surface area contributed by atoms with E-state index >= 15 is 0 Å². The lowest BCUT2D eigenvalue weighted by atomic mass is 10.2. The van der Waals surface area contributed by atoms with Crippen LogP contribution >= 0.6 is 11.6 Å². The number of ether oxygens (including phenoxy) is 1. The summed E-state index contributed by atoms with van der Waals surface area (Å²) in [6, 6.07) is 9.85. The molecule has 0 saturated heterocycles. The Kier molecular flexibility index (Phi) is 5.05. The van der Waals surface area contributed by atoms with E-state index in [-0.39, 0.29) is 11.4 Å². The van der Waals surface area contributed by atoms with Gasteiger partial charge < -0.3 is 4.74 Å². The van der Waals surface area contributed by atoms with E-state index in [4.69, 9.17) is 16.3 Å². The largest absolute Gasteiger partial charge is 0.496 e. The van der Waals surface area contributed by atoms with Gasteiger partial charge in [-0.05, 0) is 36.4 Å². The van der Waals surface area contributed by atoms with Crippen molar-refractivity contribution in [2.24, 2.45) is 0 Å². The summed E-state index contributed by atoms with van der Waals surface area (Å²) >= 11 is 5.94. The maximum absolute atomic E-state index is 13.2. The van der Waals surface area contributed by atoms with E-state index in [0.29, 0.717) is 16.3 Å². The van der Waals surface area contributed by atoms with Crippen LogP contribution in [0.15, 0.2) is 47.4 Å². The van der Waals surface area contributed by atoms with Crippen LogP contribution in [0.25, 0.3) is 0 Å². The van der Waals surface area contributed by atoms with Crippen LogP contribution in [0.2, 0.25) is 5.02 Å². The van der Waals surface area contributed by atoms with Gasteiger partial charge in [-0.25, -0.2) is 12.8 Å². The Morgan fingerprint density at radius 2 is 1.95 bits per heavy atom. The third-order valence-corrected chi connectivity index (χ3v) is 5.17. The van der Waals surface area contributed by atoms with Crippen molar-refractivity contribution in [1.29, 1.82) is 0 Å². The summed E-state index contributed by atoms with van der Waals surface area (Å²) in [4.78, 5) is -0.101. The molecule has 0 heterocycles. The van der Waals surface area contributed by atoms with Gasteiger partial charge in [0.1, 0.15) is 11.6 Å². The summed E-state index contributed by atoms with van der Waals surface area (Å²) in [7, 11) is -0.892. The van der Waals surface area contributed by atoms with Crippen LogP contribution in [-0.2, 0) is 16.6 Å². The third kappa shape index (κ3) is 3.58. The van der Waals surface area contributed by atoms with Crippen molar-refractivity contribution in [3.05, 3.63) is 58.9 Å².